The highest BCUT2D eigenvalue weighted by atomic mass is 19.3. The van der Waals surface area contributed by atoms with Gasteiger partial charge in [-0.05, 0) is 17.7 Å². The predicted molar refractivity (Wildman–Crippen MR) is 72.2 cm³/mol. The largest absolute Gasteiger partial charge is 0.493 e. The summed E-state index contributed by atoms with van der Waals surface area (Å²) in [5.41, 5.74) is 0.574. The molecular weight excluding hydrogens is 268 g/mol. The van der Waals surface area contributed by atoms with Gasteiger partial charge in [0.25, 0.3) is 0 Å². The normalized spacial score (nSPS) is 11.8. The second-order valence-electron chi connectivity index (χ2n) is 5.29. The highest BCUT2D eigenvalue weighted by Crippen LogP contribution is 2.29. The van der Waals surface area contributed by atoms with E-state index in [0.29, 0.717) is 13.1 Å². The number of rotatable bonds is 8. The summed E-state index contributed by atoms with van der Waals surface area (Å²) in [5.74, 6) is 0.285. The third-order valence-corrected chi connectivity index (χ3v) is 2.80. The van der Waals surface area contributed by atoms with Gasteiger partial charge in [-0.1, -0.05) is 19.9 Å². The Balaban J connectivity index is 2.67. The molecule has 0 aromatic heterocycles. The molecule has 1 rings (SSSR count). The van der Waals surface area contributed by atoms with Gasteiger partial charge in [0, 0.05) is 25.1 Å². The Kier molecular flexibility index (Phi) is 6.16. The SMILES string of the molecule is COc1ccc(CNCC(C)(C)CO)cc1OC(F)F. The molecule has 0 heterocycles. The van der Waals surface area contributed by atoms with Crippen LogP contribution in [0.25, 0.3) is 0 Å². The molecule has 2 N–H and O–H groups in total. The topological polar surface area (TPSA) is 50.7 Å². The Labute approximate surface area is 117 Å². The van der Waals surface area contributed by atoms with E-state index in [1.165, 1.54) is 13.2 Å². The number of alkyl halides is 2. The average molecular weight is 289 g/mol. The van der Waals surface area contributed by atoms with E-state index in [0.717, 1.165) is 5.56 Å². The highest BCUT2D eigenvalue weighted by molar-refractivity contribution is 5.42. The zero-order valence-corrected chi connectivity index (χ0v) is 12.0. The van der Waals surface area contributed by atoms with Crippen LogP contribution in [-0.2, 0) is 6.54 Å². The van der Waals surface area contributed by atoms with E-state index < -0.39 is 6.61 Å². The molecule has 1 aromatic rings. The van der Waals surface area contributed by atoms with E-state index in [4.69, 9.17) is 9.84 Å². The van der Waals surface area contributed by atoms with Gasteiger partial charge in [-0.25, -0.2) is 0 Å². The van der Waals surface area contributed by atoms with Crippen LogP contribution in [0.2, 0.25) is 0 Å². The lowest BCUT2D eigenvalue weighted by atomic mass is 9.95. The van der Waals surface area contributed by atoms with Crippen molar-refractivity contribution < 1.29 is 23.4 Å². The molecule has 4 nitrogen and oxygen atoms in total. The van der Waals surface area contributed by atoms with Gasteiger partial charge in [-0.2, -0.15) is 8.78 Å². The molecule has 0 radical (unpaired) electrons. The number of halogens is 2. The van der Waals surface area contributed by atoms with E-state index in [1.54, 1.807) is 12.1 Å². The van der Waals surface area contributed by atoms with Crippen LogP contribution in [0.5, 0.6) is 11.5 Å². The van der Waals surface area contributed by atoms with Crippen LogP contribution in [0, 0.1) is 5.41 Å². The first kappa shape index (κ1) is 16.7. The first-order valence-corrected chi connectivity index (χ1v) is 6.31. The third-order valence-electron chi connectivity index (χ3n) is 2.80. The van der Waals surface area contributed by atoms with Gasteiger partial charge in [0.15, 0.2) is 11.5 Å². The van der Waals surface area contributed by atoms with Crippen molar-refractivity contribution in [3.05, 3.63) is 23.8 Å². The van der Waals surface area contributed by atoms with Crippen molar-refractivity contribution in [2.75, 3.05) is 20.3 Å². The number of nitrogens with one attached hydrogen (secondary N) is 1. The van der Waals surface area contributed by atoms with Crippen molar-refractivity contribution >= 4 is 0 Å². The van der Waals surface area contributed by atoms with Crippen LogP contribution < -0.4 is 14.8 Å². The molecule has 0 spiro atoms. The third kappa shape index (κ3) is 5.30. The number of ether oxygens (including phenoxy) is 2. The fraction of sp³-hybridized carbons (Fsp3) is 0.571. The molecule has 0 amide bonds. The van der Waals surface area contributed by atoms with Crippen molar-refractivity contribution in [1.82, 2.24) is 5.32 Å². The van der Waals surface area contributed by atoms with Crippen LogP contribution in [0.1, 0.15) is 19.4 Å². The van der Waals surface area contributed by atoms with E-state index in [2.05, 4.69) is 10.1 Å². The van der Waals surface area contributed by atoms with Gasteiger partial charge >= 0.3 is 6.61 Å². The summed E-state index contributed by atoms with van der Waals surface area (Å²) < 4.78 is 34.0. The van der Waals surface area contributed by atoms with E-state index in [1.807, 2.05) is 13.8 Å². The number of methoxy groups -OCH3 is 1. The standard InChI is InChI=1S/C14H21F2NO3/c1-14(2,9-18)8-17-7-10-4-5-11(19-3)12(6-10)20-13(15)16/h4-6,13,17-18H,7-9H2,1-3H3. The van der Waals surface area contributed by atoms with E-state index in [9.17, 15) is 8.78 Å². The van der Waals surface area contributed by atoms with Crippen LogP contribution in [-0.4, -0.2) is 32.0 Å². The number of aliphatic hydroxyl groups is 1. The predicted octanol–water partition coefficient (Wildman–Crippen LogP) is 2.40. The zero-order chi connectivity index (χ0) is 15.2. The fourth-order valence-corrected chi connectivity index (χ4v) is 1.62. The Bertz CT molecular complexity index is 425. The first-order chi connectivity index (χ1) is 9.38. The molecule has 0 atom stereocenters. The monoisotopic (exact) mass is 289 g/mol. The van der Waals surface area contributed by atoms with Gasteiger partial charge in [0.2, 0.25) is 0 Å². The summed E-state index contributed by atoms with van der Waals surface area (Å²) in [5, 5.41) is 12.3. The van der Waals surface area contributed by atoms with Crippen LogP contribution in [0.15, 0.2) is 18.2 Å². The Morgan fingerprint density at radius 3 is 2.55 bits per heavy atom. The van der Waals surface area contributed by atoms with Crippen molar-refractivity contribution in [3.63, 3.8) is 0 Å². The second kappa shape index (κ2) is 7.40. The first-order valence-electron chi connectivity index (χ1n) is 6.31. The summed E-state index contributed by atoms with van der Waals surface area (Å²) in [4.78, 5) is 0. The number of aliphatic hydroxyl groups excluding tert-OH is 1. The minimum Gasteiger partial charge on any atom is -0.493 e. The molecule has 1 aromatic carbocycles. The van der Waals surface area contributed by atoms with Gasteiger partial charge in [-0.15, -0.1) is 0 Å². The summed E-state index contributed by atoms with van der Waals surface area (Å²) in [7, 11) is 1.40. The average Bonchev–Trinajstić information content (AvgIpc) is 2.38. The van der Waals surface area contributed by atoms with Crippen molar-refractivity contribution in [1.29, 1.82) is 0 Å². The summed E-state index contributed by atoms with van der Waals surface area (Å²) >= 11 is 0. The smallest absolute Gasteiger partial charge is 0.387 e. The maximum Gasteiger partial charge on any atom is 0.387 e. The van der Waals surface area contributed by atoms with E-state index >= 15 is 0 Å². The highest BCUT2D eigenvalue weighted by Gasteiger charge is 2.16. The molecule has 0 saturated heterocycles. The number of benzene rings is 1. The molecule has 0 saturated carbocycles. The maximum atomic E-state index is 12.3. The molecular formula is C14H21F2NO3. The number of hydrogen-bond donors (Lipinski definition) is 2. The molecule has 0 aliphatic heterocycles. The summed E-state index contributed by atoms with van der Waals surface area (Å²) in [6.07, 6.45) is 0. The molecule has 0 aliphatic carbocycles. The Hall–Kier alpha value is -1.40. The van der Waals surface area contributed by atoms with E-state index in [-0.39, 0.29) is 23.5 Å². The Morgan fingerprint density at radius 1 is 1.30 bits per heavy atom. The Morgan fingerprint density at radius 2 is 2.00 bits per heavy atom. The maximum absolute atomic E-state index is 12.3. The minimum absolute atomic E-state index is 0.0169. The molecule has 0 bridgehead atoms. The number of hydrogen-bond acceptors (Lipinski definition) is 4. The van der Waals surface area contributed by atoms with Crippen molar-refractivity contribution in [3.8, 4) is 11.5 Å². The second-order valence-corrected chi connectivity index (χ2v) is 5.29. The van der Waals surface area contributed by atoms with Crippen LogP contribution >= 0.6 is 0 Å². The van der Waals surface area contributed by atoms with Crippen LogP contribution in [0.4, 0.5) is 8.78 Å². The van der Waals surface area contributed by atoms with Crippen molar-refractivity contribution in [2.45, 2.75) is 27.0 Å². The lowest BCUT2D eigenvalue weighted by Gasteiger charge is -2.22. The van der Waals surface area contributed by atoms with Gasteiger partial charge in [-0.3, -0.25) is 0 Å². The zero-order valence-electron chi connectivity index (χ0n) is 12.0. The fourth-order valence-electron chi connectivity index (χ4n) is 1.62. The lowest BCUT2D eigenvalue weighted by Crippen LogP contribution is -2.31. The summed E-state index contributed by atoms with van der Waals surface area (Å²) in [6, 6.07) is 4.88. The molecule has 6 heteroatoms. The molecule has 114 valence electrons. The molecule has 0 aliphatic rings. The van der Waals surface area contributed by atoms with Crippen LogP contribution in [0.3, 0.4) is 0 Å². The van der Waals surface area contributed by atoms with Gasteiger partial charge in [0.05, 0.1) is 7.11 Å². The van der Waals surface area contributed by atoms with Gasteiger partial charge in [0.1, 0.15) is 0 Å². The van der Waals surface area contributed by atoms with Gasteiger partial charge < -0.3 is 19.9 Å². The minimum atomic E-state index is -2.89. The molecule has 20 heavy (non-hydrogen) atoms. The lowest BCUT2D eigenvalue weighted by molar-refractivity contribution is -0.0512. The molecule has 0 fully saturated rings. The quantitative estimate of drug-likeness (QED) is 0.771. The molecule has 0 unspecified atom stereocenters. The summed E-state index contributed by atoms with van der Waals surface area (Å²) in [6.45, 7) is 2.15. The van der Waals surface area contributed by atoms with Crippen molar-refractivity contribution in [2.24, 2.45) is 5.41 Å².